The number of aryl methyl sites for hydroxylation is 1. The average molecular weight is 251 g/mol. The molecule has 1 aromatic heterocycles. The van der Waals surface area contributed by atoms with E-state index in [2.05, 4.69) is 49.1 Å². The summed E-state index contributed by atoms with van der Waals surface area (Å²) in [5.74, 6) is 0.130. The Labute approximate surface area is 110 Å². The number of hydrogen-bond donors (Lipinski definition) is 2. The normalized spacial score (nSPS) is 10.7. The standard InChI is InChI=1S/C14H25N3O/c1-5-7-16-14(18)6-8-15-10-13-9-11(2)17(4)12(13)3/h9,15H,5-8,10H2,1-4H3,(H,16,18). The molecule has 0 radical (unpaired) electrons. The van der Waals surface area contributed by atoms with Gasteiger partial charge in [0.2, 0.25) is 5.91 Å². The zero-order valence-corrected chi connectivity index (χ0v) is 12.0. The summed E-state index contributed by atoms with van der Waals surface area (Å²) in [5, 5.41) is 6.19. The Morgan fingerprint density at radius 2 is 2.06 bits per heavy atom. The van der Waals surface area contributed by atoms with Gasteiger partial charge in [0.15, 0.2) is 0 Å². The summed E-state index contributed by atoms with van der Waals surface area (Å²) in [7, 11) is 2.08. The molecule has 0 fully saturated rings. The number of carbonyl (C=O) groups is 1. The molecule has 1 rings (SSSR count). The van der Waals surface area contributed by atoms with Gasteiger partial charge < -0.3 is 15.2 Å². The molecule has 1 aromatic rings. The fourth-order valence-corrected chi connectivity index (χ4v) is 1.89. The van der Waals surface area contributed by atoms with Gasteiger partial charge in [-0.15, -0.1) is 0 Å². The third-order valence-corrected chi connectivity index (χ3v) is 3.30. The molecule has 0 unspecified atom stereocenters. The van der Waals surface area contributed by atoms with Crippen LogP contribution in [0.5, 0.6) is 0 Å². The van der Waals surface area contributed by atoms with Gasteiger partial charge in [0.1, 0.15) is 0 Å². The van der Waals surface area contributed by atoms with E-state index in [1.165, 1.54) is 17.0 Å². The van der Waals surface area contributed by atoms with Crippen LogP contribution in [0.2, 0.25) is 0 Å². The van der Waals surface area contributed by atoms with Crippen molar-refractivity contribution < 1.29 is 4.79 Å². The van der Waals surface area contributed by atoms with Crippen LogP contribution in [-0.2, 0) is 18.4 Å². The highest BCUT2D eigenvalue weighted by molar-refractivity contribution is 5.75. The summed E-state index contributed by atoms with van der Waals surface area (Å²) in [6, 6.07) is 2.19. The zero-order chi connectivity index (χ0) is 13.5. The van der Waals surface area contributed by atoms with Gasteiger partial charge in [-0.2, -0.15) is 0 Å². The Morgan fingerprint density at radius 1 is 1.33 bits per heavy atom. The van der Waals surface area contributed by atoms with E-state index in [1.54, 1.807) is 0 Å². The molecule has 0 bridgehead atoms. The van der Waals surface area contributed by atoms with Crippen molar-refractivity contribution in [2.45, 2.75) is 40.2 Å². The van der Waals surface area contributed by atoms with E-state index >= 15 is 0 Å². The Bertz CT molecular complexity index is 396. The van der Waals surface area contributed by atoms with Crippen molar-refractivity contribution in [3.8, 4) is 0 Å². The van der Waals surface area contributed by atoms with Crippen LogP contribution in [0.25, 0.3) is 0 Å². The summed E-state index contributed by atoms with van der Waals surface area (Å²) >= 11 is 0. The molecule has 102 valence electrons. The summed E-state index contributed by atoms with van der Waals surface area (Å²) in [6.07, 6.45) is 1.53. The molecular formula is C14H25N3O. The minimum absolute atomic E-state index is 0.130. The predicted octanol–water partition coefficient (Wildman–Crippen LogP) is 1.65. The molecule has 0 aliphatic heterocycles. The summed E-state index contributed by atoms with van der Waals surface area (Å²) < 4.78 is 2.19. The van der Waals surface area contributed by atoms with E-state index in [-0.39, 0.29) is 5.91 Å². The molecular weight excluding hydrogens is 226 g/mol. The van der Waals surface area contributed by atoms with Gasteiger partial charge in [-0.1, -0.05) is 6.92 Å². The van der Waals surface area contributed by atoms with Crippen molar-refractivity contribution in [2.75, 3.05) is 13.1 Å². The van der Waals surface area contributed by atoms with Crippen LogP contribution in [0.15, 0.2) is 6.07 Å². The highest BCUT2D eigenvalue weighted by Crippen LogP contribution is 2.12. The quantitative estimate of drug-likeness (QED) is 0.724. The summed E-state index contributed by atoms with van der Waals surface area (Å²) in [5.41, 5.74) is 3.87. The number of aromatic nitrogens is 1. The number of amides is 1. The van der Waals surface area contributed by atoms with Crippen LogP contribution in [0.4, 0.5) is 0 Å². The van der Waals surface area contributed by atoms with Crippen LogP contribution in [0.3, 0.4) is 0 Å². The molecule has 0 aliphatic rings. The molecule has 0 saturated heterocycles. The topological polar surface area (TPSA) is 46.1 Å². The lowest BCUT2D eigenvalue weighted by molar-refractivity contribution is -0.120. The largest absolute Gasteiger partial charge is 0.356 e. The van der Waals surface area contributed by atoms with Gasteiger partial charge in [-0.05, 0) is 31.9 Å². The van der Waals surface area contributed by atoms with E-state index in [9.17, 15) is 4.79 Å². The van der Waals surface area contributed by atoms with Crippen molar-refractivity contribution in [1.82, 2.24) is 15.2 Å². The van der Waals surface area contributed by atoms with Crippen LogP contribution < -0.4 is 10.6 Å². The molecule has 1 amide bonds. The maximum Gasteiger partial charge on any atom is 0.221 e. The Morgan fingerprint density at radius 3 is 2.61 bits per heavy atom. The lowest BCUT2D eigenvalue weighted by atomic mass is 10.2. The second kappa shape index (κ2) is 7.21. The van der Waals surface area contributed by atoms with Crippen molar-refractivity contribution in [3.63, 3.8) is 0 Å². The van der Waals surface area contributed by atoms with Gasteiger partial charge in [0, 0.05) is 44.5 Å². The van der Waals surface area contributed by atoms with Crippen molar-refractivity contribution in [3.05, 3.63) is 23.0 Å². The van der Waals surface area contributed by atoms with Crippen LogP contribution >= 0.6 is 0 Å². The summed E-state index contributed by atoms with van der Waals surface area (Å²) in [6.45, 7) is 8.61. The van der Waals surface area contributed by atoms with Gasteiger partial charge >= 0.3 is 0 Å². The third-order valence-electron chi connectivity index (χ3n) is 3.30. The van der Waals surface area contributed by atoms with E-state index in [0.717, 1.165) is 26.1 Å². The zero-order valence-electron chi connectivity index (χ0n) is 12.0. The Hall–Kier alpha value is -1.29. The van der Waals surface area contributed by atoms with E-state index < -0.39 is 0 Å². The molecule has 18 heavy (non-hydrogen) atoms. The lowest BCUT2D eigenvalue weighted by Gasteiger charge is -2.06. The molecule has 4 nitrogen and oxygen atoms in total. The van der Waals surface area contributed by atoms with E-state index in [1.807, 2.05) is 0 Å². The van der Waals surface area contributed by atoms with E-state index in [0.29, 0.717) is 6.42 Å². The first kappa shape index (κ1) is 14.8. The van der Waals surface area contributed by atoms with Crippen molar-refractivity contribution in [2.24, 2.45) is 7.05 Å². The SMILES string of the molecule is CCCNC(=O)CCNCc1cc(C)n(C)c1C. The molecule has 2 N–H and O–H groups in total. The minimum Gasteiger partial charge on any atom is -0.356 e. The van der Waals surface area contributed by atoms with Crippen LogP contribution in [0, 0.1) is 13.8 Å². The first-order valence-electron chi connectivity index (χ1n) is 6.65. The van der Waals surface area contributed by atoms with Gasteiger partial charge in [0.25, 0.3) is 0 Å². The highest BCUT2D eigenvalue weighted by Gasteiger charge is 2.05. The highest BCUT2D eigenvalue weighted by atomic mass is 16.1. The fourth-order valence-electron chi connectivity index (χ4n) is 1.89. The molecule has 0 aromatic carbocycles. The maximum absolute atomic E-state index is 11.4. The summed E-state index contributed by atoms with van der Waals surface area (Å²) in [4.78, 5) is 11.4. The molecule has 0 aliphatic carbocycles. The van der Waals surface area contributed by atoms with Crippen LogP contribution in [-0.4, -0.2) is 23.6 Å². The molecule has 0 spiro atoms. The molecule has 1 heterocycles. The first-order chi connectivity index (χ1) is 8.56. The smallest absolute Gasteiger partial charge is 0.221 e. The Balaban J connectivity index is 2.25. The number of nitrogens with one attached hydrogen (secondary N) is 2. The lowest BCUT2D eigenvalue weighted by Crippen LogP contribution is -2.28. The predicted molar refractivity (Wildman–Crippen MR) is 74.5 cm³/mol. The molecule has 0 atom stereocenters. The number of rotatable bonds is 7. The number of hydrogen-bond acceptors (Lipinski definition) is 2. The molecule has 4 heteroatoms. The average Bonchev–Trinajstić information content (AvgIpc) is 2.60. The van der Waals surface area contributed by atoms with Crippen LogP contribution in [0.1, 0.15) is 36.7 Å². The molecule has 0 saturated carbocycles. The number of carbonyl (C=O) groups excluding carboxylic acids is 1. The fraction of sp³-hybridized carbons (Fsp3) is 0.643. The third kappa shape index (κ3) is 4.18. The van der Waals surface area contributed by atoms with Gasteiger partial charge in [-0.3, -0.25) is 4.79 Å². The van der Waals surface area contributed by atoms with Gasteiger partial charge in [-0.25, -0.2) is 0 Å². The van der Waals surface area contributed by atoms with Crippen molar-refractivity contribution >= 4 is 5.91 Å². The maximum atomic E-state index is 11.4. The monoisotopic (exact) mass is 251 g/mol. The van der Waals surface area contributed by atoms with E-state index in [4.69, 9.17) is 0 Å². The van der Waals surface area contributed by atoms with Gasteiger partial charge in [0.05, 0.1) is 0 Å². The first-order valence-corrected chi connectivity index (χ1v) is 6.65. The number of nitrogens with zero attached hydrogens (tertiary/aromatic N) is 1. The Kier molecular flexibility index (Phi) is 5.92. The second-order valence-corrected chi connectivity index (χ2v) is 4.73. The minimum atomic E-state index is 0.130. The second-order valence-electron chi connectivity index (χ2n) is 4.73. The van der Waals surface area contributed by atoms with Crippen molar-refractivity contribution in [1.29, 1.82) is 0 Å².